The smallest absolute Gasteiger partial charge is 0.242 e. The average Bonchev–Trinajstić information content (AvgIpc) is 3.17. The number of carbonyl (C=O) groups is 1. The van der Waals surface area contributed by atoms with Gasteiger partial charge in [0.15, 0.2) is 0 Å². The standard InChI is InChI=1S/C18H24N4O2/c1-12(2)18-20-13-5-3-4-6-15(13)22(18)11-17(23)21-9-14-16(10-21)24-8-7-19-14/h3-6,12,14,16,19H,7-11H2,1-2H3/t14-,16-/m0/s1. The number of morpholine rings is 1. The molecule has 3 heterocycles. The number of carbonyl (C=O) groups excluding carboxylic acids is 1. The summed E-state index contributed by atoms with van der Waals surface area (Å²) in [6.45, 7) is 7.58. The monoisotopic (exact) mass is 328 g/mol. The Hall–Kier alpha value is -1.92. The number of para-hydroxylation sites is 2. The summed E-state index contributed by atoms with van der Waals surface area (Å²) >= 11 is 0. The molecule has 1 N–H and O–H groups in total. The van der Waals surface area contributed by atoms with E-state index < -0.39 is 0 Å². The molecule has 0 bridgehead atoms. The van der Waals surface area contributed by atoms with Gasteiger partial charge >= 0.3 is 0 Å². The molecule has 4 rings (SSSR count). The first-order chi connectivity index (χ1) is 11.6. The minimum absolute atomic E-state index is 0.131. The summed E-state index contributed by atoms with van der Waals surface area (Å²) in [4.78, 5) is 19.5. The van der Waals surface area contributed by atoms with Crippen LogP contribution in [-0.2, 0) is 16.1 Å². The first-order valence-corrected chi connectivity index (χ1v) is 8.71. The Kier molecular flexibility index (Phi) is 4.02. The molecule has 6 nitrogen and oxygen atoms in total. The molecular formula is C18H24N4O2. The van der Waals surface area contributed by atoms with Crippen molar-refractivity contribution in [1.29, 1.82) is 0 Å². The Morgan fingerprint density at radius 2 is 2.21 bits per heavy atom. The maximum absolute atomic E-state index is 12.9. The Morgan fingerprint density at radius 3 is 3.00 bits per heavy atom. The first kappa shape index (κ1) is 15.6. The fourth-order valence-electron chi connectivity index (χ4n) is 3.73. The zero-order valence-corrected chi connectivity index (χ0v) is 14.2. The third kappa shape index (κ3) is 2.70. The molecular weight excluding hydrogens is 304 g/mol. The highest BCUT2D eigenvalue weighted by molar-refractivity contribution is 5.81. The van der Waals surface area contributed by atoms with E-state index in [1.165, 1.54) is 0 Å². The number of nitrogens with one attached hydrogen (secondary N) is 1. The van der Waals surface area contributed by atoms with Gasteiger partial charge in [0.1, 0.15) is 12.4 Å². The van der Waals surface area contributed by atoms with Gasteiger partial charge in [0, 0.05) is 25.6 Å². The van der Waals surface area contributed by atoms with Gasteiger partial charge in [-0.1, -0.05) is 26.0 Å². The van der Waals surface area contributed by atoms with Crippen LogP contribution in [0.2, 0.25) is 0 Å². The second-order valence-electron chi connectivity index (χ2n) is 6.97. The number of fused-ring (bicyclic) bond motifs is 2. The van der Waals surface area contributed by atoms with Gasteiger partial charge in [0.25, 0.3) is 0 Å². The molecule has 1 aromatic carbocycles. The minimum atomic E-state index is 0.131. The van der Waals surface area contributed by atoms with E-state index in [9.17, 15) is 4.79 Å². The van der Waals surface area contributed by atoms with Gasteiger partial charge in [-0.05, 0) is 12.1 Å². The van der Waals surface area contributed by atoms with Crippen molar-refractivity contribution < 1.29 is 9.53 Å². The quantitative estimate of drug-likeness (QED) is 0.924. The van der Waals surface area contributed by atoms with Crippen LogP contribution in [0.3, 0.4) is 0 Å². The molecule has 2 aliphatic heterocycles. The van der Waals surface area contributed by atoms with Crippen molar-refractivity contribution >= 4 is 16.9 Å². The van der Waals surface area contributed by atoms with Crippen molar-refractivity contribution in [3.05, 3.63) is 30.1 Å². The molecule has 1 amide bonds. The molecule has 2 atom stereocenters. The molecule has 0 unspecified atom stereocenters. The number of rotatable bonds is 3. The molecule has 0 spiro atoms. The molecule has 2 aliphatic rings. The Bertz CT molecular complexity index is 741. The second kappa shape index (κ2) is 6.18. The lowest BCUT2D eigenvalue weighted by Gasteiger charge is -2.25. The zero-order valence-electron chi connectivity index (χ0n) is 14.2. The Morgan fingerprint density at radius 1 is 1.38 bits per heavy atom. The van der Waals surface area contributed by atoms with Crippen LogP contribution in [0.4, 0.5) is 0 Å². The summed E-state index contributed by atoms with van der Waals surface area (Å²) in [7, 11) is 0. The number of imidazole rings is 1. The molecule has 2 fully saturated rings. The van der Waals surface area contributed by atoms with Gasteiger partial charge in [-0.25, -0.2) is 4.98 Å². The van der Waals surface area contributed by atoms with Gasteiger partial charge in [-0.2, -0.15) is 0 Å². The molecule has 2 aromatic rings. The molecule has 24 heavy (non-hydrogen) atoms. The highest BCUT2D eigenvalue weighted by atomic mass is 16.5. The third-order valence-electron chi connectivity index (χ3n) is 4.95. The first-order valence-electron chi connectivity index (χ1n) is 8.71. The molecule has 1 aromatic heterocycles. The van der Waals surface area contributed by atoms with E-state index >= 15 is 0 Å². The largest absolute Gasteiger partial charge is 0.373 e. The number of amides is 1. The van der Waals surface area contributed by atoms with E-state index in [2.05, 4.69) is 23.7 Å². The fourth-order valence-corrected chi connectivity index (χ4v) is 3.73. The predicted octanol–water partition coefficient (Wildman–Crippen LogP) is 1.36. The fraction of sp³-hybridized carbons (Fsp3) is 0.556. The highest BCUT2D eigenvalue weighted by Crippen LogP contribution is 2.23. The van der Waals surface area contributed by atoms with Crippen LogP contribution in [0.15, 0.2) is 24.3 Å². The maximum Gasteiger partial charge on any atom is 0.242 e. The van der Waals surface area contributed by atoms with E-state index in [4.69, 9.17) is 9.72 Å². The Labute approximate surface area is 141 Å². The number of likely N-dealkylation sites (tertiary alicyclic amines) is 1. The average molecular weight is 328 g/mol. The van der Waals surface area contributed by atoms with Gasteiger partial charge in [0.2, 0.25) is 5.91 Å². The van der Waals surface area contributed by atoms with E-state index in [-0.39, 0.29) is 24.0 Å². The van der Waals surface area contributed by atoms with Gasteiger partial charge < -0.3 is 19.5 Å². The normalized spacial score (nSPS) is 23.9. The summed E-state index contributed by atoms with van der Waals surface area (Å²) in [6, 6.07) is 8.30. The van der Waals surface area contributed by atoms with Crippen molar-refractivity contribution in [2.75, 3.05) is 26.2 Å². The summed E-state index contributed by atoms with van der Waals surface area (Å²) in [5.41, 5.74) is 1.98. The van der Waals surface area contributed by atoms with Crippen molar-refractivity contribution in [3.63, 3.8) is 0 Å². The number of nitrogens with zero attached hydrogens (tertiary/aromatic N) is 3. The predicted molar refractivity (Wildman–Crippen MR) is 91.9 cm³/mol. The molecule has 6 heteroatoms. The van der Waals surface area contributed by atoms with Crippen molar-refractivity contribution in [2.24, 2.45) is 0 Å². The Balaban J connectivity index is 1.57. The van der Waals surface area contributed by atoms with Gasteiger partial charge in [0.05, 0.1) is 29.8 Å². The molecule has 0 radical (unpaired) electrons. The van der Waals surface area contributed by atoms with Crippen LogP contribution in [0.5, 0.6) is 0 Å². The minimum Gasteiger partial charge on any atom is -0.373 e. The number of hydrogen-bond acceptors (Lipinski definition) is 4. The molecule has 0 aliphatic carbocycles. The lowest BCUT2D eigenvalue weighted by atomic mass is 10.2. The van der Waals surface area contributed by atoms with Crippen LogP contribution in [0.1, 0.15) is 25.6 Å². The van der Waals surface area contributed by atoms with Crippen molar-refractivity contribution in [2.45, 2.75) is 38.5 Å². The summed E-state index contributed by atoms with van der Waals surface area (Å²) < 4.78 is 7.84. The number of aromatic nitrogens is 2. The van der Waals surface area contributed by atoms with Gasteiger partial charge in [-0.3, -0.25) is 4.79 Å². The van der Waals surface area contributed by atoms with E-state index in [1.807, 2.05) is 29.2 Å². The van der Waals surface area contributed by atoms with Crippen LogP contribution >= 0.6 is 0 Å². The van der Waals surface area contributed by atoms with Crippen molar-refractivity contribution in [3.8, 4) is 0 Å². The van der Waals surface area contributed by atoms with E-state index in [1.54, 1.807) is 0 Å². The van der Waals surface area contributed by atoms with Gasteiger partial charge in [-0.15, -0.1) is 0 Å². The number of benzene rings is 1. The van der Waals surface area contributed by atoms with E-state index in [0.717, 1.165) is 36.6 Å². The molecule has 2 saturated heterocycles. The van der Waals surface area contributed by atoms with Crippen LogP contribution < -0.4 is 5.32 Å². The van der Waals surface area contributed by atoms with Crippen molar-refractivity contribution in [1.82, 2.24) is 19.8 Å². The summed E-state index contributed by atoms with van der Waals surface area (Å²) in [6.07, 6.45) is 0.131. The highest BCUT2D eigenvalue weighted by Gasteiger charge is 2.37. The zero-order chi connectivity index (χ0) is 16.7. The molecule has 128 valence electrons. The van der Waals surface area contributed by atoms with Crippen LogP contribution in [0.25, 0.3) is 11.0 Å². The number of hydrogen-bond donors (Lipinski definition) is 1. The van der Waals surface area contributed by atoms with E-state index in [0.29, 0.717) is 13.1 Å². The molecule has 0 saturated carbocycles. The summed E-state index contributed by atoms with van der Waals surface area (Å²) in [5, 5.41) is 3.45. The van der Waals surface area contributed by atoms with Crippen LogP contribution in [-0.4, -0.2) is 58.7 Å². The number of ether oxygens (including phenoxy) is 1. The summed E-state index contributed by atoms with van der Waals surface area (Å²) in [5.74, 6) is 1.38. The van der Waals surface area contributed by atoms with Crippen LogP contribution in [0, 0.1) is 0 Å². The maximum atomic E-state index is 12.9. The topological polar surface area (TPSA) is 59.4 Å². The third-order valence-corrected chi connectivity index (χ3v) is 4.95. The lowest BCUT2D eigenvalue weighted by molar-refractivity contribution is -0.131. The SMILES string of the molecule is CC(C)c1nc2ccccc2n1CC(=O)N1C[C@@H]2NCCO[C@H]2C1. The second-order valence-corrected chi connectivity index (χ2v) is 6.97. The lowest BCUT2D eigenvalue weighted by Crippen LogP contribution is -2.47.